The van der Waals surface area contributed by atoms with Crippen LogP contribution in [0.5, 0.6) is 0 Å². The van der Waals surface area contributed by atoms with Crippen LogP contribution in [0.3, 0.4) is 0 Å². The van der Waals surface area contributed by atoms with Crippen molar-refractivity contribution in [2.24, 2.45) is 11.8 Å². The first-order chi connectivity index (χ1) is 32.4. The Kier molecular flexibility index (Phi) is 51.4. The summed E-state index contributed by atoms with van der Waals surface area (Å²) < 4.78 is 11.8. The van der Waals surface area contributed by atoms with Gasteiger partial charge in [0.05, 0.1) is 13.2 Å². The van der Waals surface area contributed by atoms with Crippen molar-refractivity contribution >= 4 is 17.8 Å². The number of hydrogen-bond acceptors (Lipinski definition) is 7. The molecule has 8 nitrogen and oxygen atoms in total. The maximum absolute atomic E-state index is 12.8. The molecule has 2 atom stereocenters. The topological polar surface area (TPSA) is 97.0 Å². The summed E-state index contributed by atoms with van der Waals surface area (Å²) in [4.78, 5) is 40.4. The van der Waals surface area contributed by atoms with Gasteiger partial charge in [-0.25, -0.2) is 0 Å². The zero-order chi connectivity index (χ0) is 48.2. The van der Waals surface area contributed by atoms with Crippen LogP contribution in [-0.4, -0.2) is 75.2 Å². The molecular weight excluding hydrogens is 819 g/mol. The van der Waals surface area contributed by atoms with E-state index in [1.165, 1.54) is 173 Å². The average molecular weight is 935 g/mol. The van der Waals surface area contributed by atoms with Gasteiger partial charge in [0.1, 0.15) is 0 Å². The quantitative estimate of drug-likeness (QED) is 0.0463. The number of rotatable bonds is 54. The second kappa shape index (κ2) is 52.7. The van der Waals surface area contributed by atoms with E-state index in [-0.39, 0.29) is 17.8 Å². The van der Waals surface area contributed by atoms with Crippen LogP contribution in [-0.2, 0) is 23.9 Å². The summed E-state index contributed by atoms with van der Waals surface area (Å²) in [6, 6.07) is 0. The van der Waals surface area contributed by atoms with Crippen LogP contribution in [0.2, 0.25) is 0 Å². The van der Waals surface area contributed by atoms with Gasteiger partial charge in [-0.15, -0.1) is 0 Å². The fraction of sp³-hybridized carbons (Fsp3) is 0.948. The molecule has 0 rings (SSSR count). The van der Waals surface area contributed by atoms with Gasteiger partial charge in [0, 0.05) is 38.9 Å². The normalized spacial score (nSPS) is 12.5. The number of amides is 1. The highest BCUT2D eigenvalue weighted by Crippen LogP contribution is 2.22. The monoisotopic (exact) mass is 934 g/mol. The first-order valence-corrected chi connectivity index (χ1v) is 29.4. The van der Waals surface area contributed by atoms with Gasteiger partial charge >= 0.3 is 11.9 Å². The summed E-state index contributed by atoms with van der Waals surface area (Å²) in [6.07, 6.45) is 46.4. The molecule has 2 N–H and O–H groups in total. The first kappa shape index (κ1) is 64.3. The molecule has 8 heteroatoms. The third-order valence-electron chi connectivity index (χ3n) is 13.7. The lowest BCUT2D eigenvalue weighted by atomic mass is 9.95. The number of nitrogens with zero attached hydrogens (tertiary/aromatic N) is 1. The number of ether oxygens (including phenoxy) is 2. The predicted molar refractivity (Wildman–Crippen MR) is 284 cm³/mol. The largest absolute Gasteiger partial charge is 0.465 e. The molecule has 0 aromatic rings. The second-order valence-corrected chi connectivity index (χ2v) is 20.3. The van der Waals surface area contributed by atoms with E-state index >= 15 is 0 Å². The fourth-order valence-corrected chi connectivity index (χ4v) is 9.18. The lowest BCUT2D eigenvalue weighted by Gasteiger charge is -2.22. The van der Waals surface area contributed by atoms with E-state index in [0.29, 0.717) is 44.3 Å². The van der Waals surface area contributed by atoms with Crippen LogP contribution in [0, 0.1) is 11.8 Å². The second-order valence-electron chi connectivity index (χ2n) is 20.3. The molecule has 0 radical (unpaired) electrons. The molecule has 0 aromatic carbocycles. The fourth-order valence-electron chi connectivity index (χ4n) is 9.18. The molecule has 0 spiro atoms. The van der Waals surface area contributed by atoms with Crippen LogP contribution in [0.15, 0.2) is 0 Å². The Morgan fingerprint density at radius 3 is 1.15 bits per heavy atom. The minimum absolute atomic E-state index is 0.0154. The molecule has 392 valence electrons. The molecule has 0 fully saturated rings. The van der Waals surface area contributed by atoms with Crippen molar-refractivity contribution < 1.29 is 23.9 Å². The number of carbonyl (C=O) groups excluding carboxylic acids is 3. The van der Waals surface area contributed by atoms with E-state index in [2.05, 4.69) is 50.2 Å². The Morgan fingerprint density at radius 2 is 0.712 bits per heavy atom. The smallest absolute Gasteiger partial charge is 0.305 e. The summed E-state index contributed by atoms with van der Waals surface area (Å²) >= 11 is 0. The molecule has 0 aliphatic carbocycles. The van der Waals surface area contributed by atoms with Crippen molar-refractivity contribution in [2.45, 2.75) is 291 Å². The van der Waals surface area contributed by atoms with E-state index in [4.69, 9.17) is 9.47 Å². The summed E-state index contributed by atoms with van der Waals surface area (Å²) in [5, 5.41) is 6.75. The Balaban J connectivity index is 4.79. The minimum Gasteiger partial charge on any atom is -0.465 e. The van der Waals surface area contributed by atoms with Crippen LogP contribution in [0.4, 0.5) is 0 Å². The van der Waals surface area contributed by atoms with E-state index in [9.17, 15) is 14.4 Å². The third kappa shape index (κ3) is 47.4. The maximum Gasteiger partial charge on any atom is 0.305 e. The van der Waals surface area contributed by atoms with Gasteiger partial charge in [-0.2, -0.15) is 0 Å². The minimum atomic E-state index is -0.0154. The number of hydrogen-bond donors (Lipinski definition) is 2. The van der Waals surface area contributed by atoms with Gasteiger partial charge in [0.2, 0.25) is 5.91 Å². The number of esters is 2. The molecule has 1 amide bonds. The molecule has 0 saturated carbocycles. The van der Waals surface area contributed by atoms with Crippen molar-refractivity contribution in [2.75, 3.05) is 52.5 Å². The van der Waals surface area contributed by atoms with Gasteiger partial charge < -0.3 is 25.0 Å². The summed E-state index contributed by atoms with van der Waals surface area (Å²) in [7, 11) is 0. The van der Waals surface area contributed by atoms with Crippen LogP contribution < -0.4 is 10.6 Å². The summed E-state index contributed by atoms with van der Waals surface area (Å²) in [6.45, 7) is 18.2. The Labute approximate surface area is 411 Å². The molecule has 0 bridgehead atoms. The molecule has 0 aliphatic heterocycles. The van der Waals surface area contributed by atoms with E-state index in [0.717, 1.165) is 103 Å². The predicted octanol–water partition coefficient (Wildman–Crippen LogP) is 16.0. The van der Waals surface area contributed by atoms with Gasteiger partial charge in [-0.05, 0) is 102 Å². The van der Waals surface area contributed by atoms with Crippen molar-refractivity contribution in [1.29, 1.82) is 0 Å². The highest BCUT2D eigenvalue weighted by molar-refractivity contribution is 5.75. The van der Waals surface area contributed by atoms with Crippen molar-refractivity contribution in [3.8, 4) is 0 Å². The van der Waals surface area contributed by atoms with Crippen LogP contribution in [0.1, 0.15) is 291 Å². The Bertz CT molecular complexity index is 969. The Morgan fingerprint density at radius 1 is 0.364 bits per heavy atom. The standard InChI is InChI=1S/C58H115N3O5/c1-6-11-16-21-24-30-41-54(39-28-19-14-9-4)52-65-57(63)44-33-26-37-49-61(51-48-59-46-35-36-47-60-56(62)43-32-23-18-13-8-3)50-38-27-34-45-58(64)66-53-55(40-29-20-15-10-5)42-31-25-22-17-12-7-2/h54-55,59H,6-53H2,1-5H3,(H,60,62). The van der Waals surface area contributed by atoms with E-state index in [1.54, 1.807) is 0 Å². The summed E-state index contributed by atoms with van der Waals surface area (Å²) in [5.74, 6) is 1.19. The lowest BCUT2D eigenvalue weighted by Crippen LogP contribution is -2.34. The molecule has 0 aromatic heterocycles. The molecule has 2 unspecified atom stereocenters. The van der Waals surface area contributed by atoms with Crippen molar-refractivity contribution in [3.05, 3.63) is 0 Å². The molecule has 0 heterocycles. The highest BCUT2D eigenvalue weighted by atomic mass is 16.5. The molecule has 0 saturated heterocycles. The van der Waals surface area contributed by atoms with E-state index in [1.807, 2.05) is 0 Å². The number of nitrogens with one attached hydrogen (secondary N) is 2. The SMILES string of the molecule is CCCCCCCCC(CCCCCC)COC(=O)CCCCCN(CCCCCC(=O)OCC(CCCCCC)CCCCCCCC)CCNCCCCNC(=O)CCCCCCC. The van der Waals surface area contributed by atoms with Gasteiger partial charge in [-0.3, -0.25) is 14.4 Å². The van der Waals surface area contributed by atoms with Crippen LogP contribution in [0.25, 0.3) is 0 Å². The van der Waals surface area contributed by atoms with Gasteiger partial charge in [0.15, 0.2) is 0 Å². The molecule has 0 aliphatic rings. The first-order valence-electron chi connectivity index (χ1n) is 29.4. The van der Waals surface area contributed by atoms with Crippen LogP contribution >= 0.6 is 0 Å². The zero-order valence-corrected chi connectivity index (χ0v) is 45.1. The molecular formula is C58H115N3O5. The summed E-state index contributed by atoms with van der Waals surface area (Å²) in [5.41, 5.74) is 0. The van der Waals surface area contributed by atoms with E-state index < -0.39 is 0 Å². The lowest BCUT2D eigenvalue weighted by molar-refractivity contribution is -0.146. The maximum atomic E-state index is 12.8. The zero-order valence-electron chi connectivity index (χ0n) is 45.1. The molecule has 66 heavy (non-hydrogen) atoms. The Hall–Kier alpha value is -1.67. The van der Waals surface area contributed by atoms with Gasteiger partial charge in [-0.1, -0.05) is 202 Å². The average Bonchev–Trinajstić information content (AvgIpc) is 3.31. The van der Waals surface area contributed by atoms with Crippen molar-refractivity contribution in [1.82, 2.24) is 15.5 Å². The third-order valence-corrected chi connectivity index (χ3v) is 13.7. The number of unbranched alkanes of at least 4 members (excludes halogenated alkanes) is 25. The van der Waals surface area contributed by atoms with Gasteiger partial charge in [0.25, 0.3) is 0 Å². The highest BCUT2D eigenvalue weighted by Gasteiger charge is 2.15. The van der Waals surface area contributed by atoms with Crippen molar-refractivity contribution in [3.63, 3.8) is 0 Å². The number of carbonyl (C=O) groups is 3.